The van der Waals surface area contributed by atoms with Gasteiger partial charge in [0, 0.05) is 15.2 Å². The van der Waals surface area contributed by atoms with Crippen LogP contribution in [0.15, 0.2) is 24.3 Å². The molecule has 13 heavy (non-hydrogen) atoms. The molecule has 2 N–H and O–H groups in total. The Bertz CT molecular complexity index is 342. The van der Waals surface area contributed by atoms with Crippen molar-refractivity contribution in [1.29, 1.82) is 0 Å². The van der Waals surface area contributed by atoms with Crippen LogP contribution in [0.5, 0.6) is 0 Å². The molecular formula is C9H7FINO. The number of carbonyl (C=O) groups excluding carboxylic acids is 1. The quantitative estimate of drug-likeness (QED) is 0.656. The molecule has 0 saturated heterocycles. The van der Waals surface area contributed by atoms with Gasteiger partial charge in [0.15, 0.2) is 0 Å². The van der Waals surface area contributed by atoms with Crippen molar-refractivity contribution in [2.45, 2.75) is 0 Å². The SMILES string of the molecule is NC(=O)C=Cc1c(F)cccc1I. The third-order valence-corrected chi connectivity index (χ3v) is 2.35. The van der Waals surface area contributed by atoms with Crippen molar-refractivity contribution in [3.8, 4) is 0 Å². The largest absolute Gasteiger partial charge is 0.366 e. The summed E-state index contributed by atoms with van der Waals surface area (Å²) >= 11 is 1.99. The summed E-state index contributed by atoms with van der Waals surface area (Å²) in [6.07, 6.45) is 2.51. The average Bonchev–Trinajstić information content (AvgIpc) is 2.03. The molecule has 0 atom stereocenters. The van der Waals surface area contributed by atoms with E-state index in [1.165, 1.54) is 12.1 Å². The minimum absolute atomic E-state index is 0.357. The Kier molecular flexibility index (Phi) is 3.41. The van der Waals surface area contributed by atoms with Gasteiger partial charge in [0.25, 0.3) is 0 Å². The predicted octanol–water partition coefficient (Wildman–Crippen LogP) is 1.93. The Morgan fingerprint density at radius 3 is 2.77 bits per heavy atom. The van der Waals surface area contributed by atoms with Crippen LogP contribution in [-0.4, -0.2) is 5.91 Å². The number of carbonyl (C=O) groups is 1. The first-order chi connectivity index (χ1) is 6.11. The summed E-state index contributed by atoms with van der Waals surface area (Å²) in [5, 5.41) is 0. The van der Waals surface area contributed by atoms with E-state index < -0.39 is 5.91 Å². The van der Waals surface area contributed by atoms with E-state index in [-0.39, 0.29) is 5.82 Å². The zero-order chi connectivity index (χ0) is 9.84. The Balaban J connectivity index is 3.06. The maximum absolute atomic E-state index is 13.1. The topological polar surface area (TPSA) is 43.1 Å². The minimum Gasteiger partial charge on any atom is -0.366 e. The molecule has 0 heterocycles. The third-order valence-electron chi connectivity index (χ3n) is 1.41. The molecule has 4 heteroatoms. The smallest absolute Gasteiger partial charge is 0.241 e. The summed E-state index contributed by atoms with van der Waals surface area (Å²) in [7, 11) is 0. The molecule has 0 spiro atoms. The standard InChI is InChI=1S/C9H7FINO/c10-7-2-1-3-8(11)6(7)4-5-9(12)13/h1-5H,(H2,12,13). The Morgan fingerprint density at radius 2 is 2.23 bits per heavy atom. The predicted molar refractivity (Wildman–Crippen MR) is 57.3 cm³/mol. The first-order valence-electron chi connectivity index (χ1n) is 3.53. The normalized spacial score (nSPS) is 10.6. The molecule has 1 aromatic rings. The summed E-state index contributed by atoms with van der Waals surface area (Å²) in [6, 6.07) is 4.70. The van der Waals surface area contributed by atoms with Crippen LogP contribution in [0.3, 0.4) is 0 Å². The molecule has 0 aliphatic rings. The Hall–Kier alpha value is -0.910. The number of halogens is 2. The van der Waals surface area contributed by atoms with Gasteiger partial charge in [-0.3, -0.25) is 4.79 Å². The molecular weight excluding hydrogens is 284 g/mol. The summed E-state index contributed by atoms with van der Waals surface area (Å²) in [4.78, 5) is 10.4. The third kappa shape index (κ3) is 2.80. The zero-order valence-electron chi connectivity index (χ0n) is 6.63. The molecule has 0 aromatic heterocycles. The maximum atomic E-state index is 13.1. The van der Waals surface area contributed by atoms with Crippen molar-refractivity contribution in [3.05, 3.63) is 39.2 Å². The van der Waals surface area contributed by atoms with Crippen LogP contribution in [0.2, 0.25) is 0 Å². The second-order valence-electron chi connectivity index (χ2n) is 2.37. The van der Waals surface area contributed by atoms with Crippen molar-refractivity contribution in [2.24, 2.45) is 5.73 Å². The lowest BCUT2D eigenvalue weighted by molar-refractivity contribution is -0.113. The number of benzene rings is 1. The second kappa shape index (κ2) is 4.36. The molecule has 0 aliphatic carbocycles. The summed E-state index contributed by atoms with van der Waals surface area (Å²) in [6.45, 7) is 0. The van der Waals surface area contributed by atoms with Gasteiger partial charge in [-0.05, 0) is 40.8 Å². The molecule has 0 aliphatic heterocycles. The van der Waals surface area contributed by atoms with Gasteiger partial charge in [-0.1, -0.05) is 6.07 Å². The summed E-state index contributed by atoms with van der Waals surface area (Å²) < 4.78 is 13.8. The van der Waals surface area contributed by atoms with E-state index in [2.05, 4.69) is 0 Å². The molecule has 1 aromatic carbocycles. The van der Waals surface area contributed by atoms with Crippen molar-refractivity contribution in [3.63, 3.8) is 0 Å². The number of hydrogen-bond donors (Lipinski definition) is 1. The van der Waals surface area contributed by atoms with E-state index in [0.717, 1.165) is 9.65 Å². The minimum atomic E-state index is -0.584. The van der Waals surface area contributed by atoms with Crippen LogP contribution in [0.4, 0.5) is 4.39 Å². The summed E-state index contributed by atoms with van der Waals surface area (Å²) in [5.74, 6) is -0.941. The van der Waals surface area contributed by atoms with Crippen LogP contribution in [0, 0.1) is 9.39 Å². The highest BCUT2D eigenvalue weighted by molar-refractivity contribution is 14.1. The van der Waals surface area contributed by atoms with Crippen molar-refractivity contribution >= 4 is 34.6 Å². The average molecular weight is 291 g/mol. The van der Waals surface area contributed by atoms with Gasteiger partial charge in [-0.25, -0.2) is 4.39 Å². The van der Waals surface area contributed by atoms with Gasteiger partial charge in [0.2, 0.25) is 5.91 Å². The van der Waals surface area contributed by atoms with Gasteiger partial charge in [-0.2, -0.15) is 0 Å². The molecule has 0 unspecified atom stereocenters. The van der Waals surface area contributed by atoms with Crippen LogP contribution < -0.4 is 5.73 Å². The number of hydrogen-bond acceptors (Lipinski definition) is 1. The Morgan fingerprint density at radius 1 is 1.54 bits per heavy atom. The van der Waals surface area contributed by atoms with Crippen LogP contribution in [-0.2, 0) is 4.79 Å². The van der Waals surface area contributed by atoms with Crippen molar-refractivity contribution in [2.75, 3.05) is 0 Å². The fourth-order valence-electron chi connectivity index (χ4n) is 0.835. The van der Waals surface area contributed by atoms with Gasteiger partial charge in [-0.15, -0.1) is 0 Å². The van der Waals surface area contributed by atoms with Gasteiger partial charge in [0.1, 0.15) is 5.82 Å². The second-order valence-corrected chi connectivity index (χ2v) is 3.53. The molecule has 0 saturated carbocycles. The van der Waals surface area contributed by atoms with Crippen LogP contribution in [0.25, 0.3) is 6.08 Å². The van der Waals surface area contributed by atoms with E-state index in [4.69, 9.17) is 5.73 Å². The van der Waals surface area contributed by atoms with Gasteiger partial charge >= 0.3 is 0 Å². The zero-order valence-corrected chi connectivity index (χ0v) is 8.79. The van der Waals surface area contributed by atoms with E-state index >= 15 is 0 Å². The first kappa shape index (κ1) is 10.2. The highest BCUT2D eigenvalue weighted by atomic mass is 127. The molecule has 0 fully saturated rings. The van der Waals surface area contributed by atoms with E-state index in [0.29, 0.717) is 5.56 Å². The first-order valence-corrected chi connectivity index (χ1v) is 4.60. The molecule has 1 rings (SSSR count). The molecule has 2 nitrogen and oxygen atoms in total. The molecule has 0 radical (unpaired) electrons. The fraction of sp³-hybridized carbons (Fsp3) is 0. The van der Waals surface area contributed by atoms with E-state index in [9.17, 15) is 9.18 Å². The monoisotopic (exact) mass is 291 g/mol. The lowest BCUT2D eigenvalue weighted by Crippen LogP contribution is -2.05. The molecule has 68 valence electrons. The summed E-state index contributed by atoms with van der Waals surface area (Å²) in [5.41, 5.74) is 5.28. The fourth-order valence-corrected chi connectivity index (χ4v) is 1.48. The van der Waals surface area contributed by atoms with Gasteiger partial charge in [0.05, 0.1) is 0 Å². The van der Waals surface area contributed by atoms with Crippen LogP contribution in [0.1, 0.15) is 5.56 Å². The number of nitrogens with two attached hydrogens (primary N) is 1. The van der Waals surface area contributed by atoms with E-state index in [1.54, 1.807) is 12.1 Å². The van der Waals surface area contributed by atoms with E-state index in [1.807, 2.05) is 22.6 Å². The lowest BCUT2D eigenvalue weighted by Gasteiger charge is -1.98. The maximum Gasteiger partial charge on any atom is 0.241 e. The van der Waals surface area contributed by atoms with Crippen molar-refractivity contribution < 1.29 is 9.18 Å². The lowest BCUT2D eigenvalue weighted by atomic mass is 10.2. The highest BCUT2D eigenvalue weighted by Gasteiger charge is 2.01. The highest BCUT2D eigenvalue weighted by Crippen LogP contribution is 2.16. The van der Waals surface area contributed by atoms with Gasteiger partial charge < -0.3 is 5.73 Å². The number of primary amides is 1. The molecule has 1 amide bonds. The number of amides is 1. The Labute approximate surface area is 88.8 Å². The van der Waals surface area contributed by atoms with Crippen LogP contribution >= 0.6 is 22.6 Å². The molecule has 0 bridgehead atoms. The van der Waals surface area contributed by atoms with Crippen molar-refractivity contribution in [1.82, 2.24) is 0 Å². The number of rotatable bonds is 2.